The van der Waals surface area contributed by atoms with Crippen molar-refractivity contribution >= 4 is 38.9 Å². The van der Waals surface area contributed by atoms with Crippen LogP contribution >= 0.6 is 27.3 Å². The molecule has 2 heterocycles. The van der Waals surface area contributed by atoms with Gasteiger partial charge in [0.05, 0.1) is 12.8 Å². The molecule has 3 aromatic rings. The summed E-state index contributed by atoms with van der Waals surface area (Å²) in [7, 11) is 1.57. The topological polar surface area (TPSA) is 69.7 Å². The van der Waals surface area contributed by atoms with Gasteiger partial charge < -0.3 is 19.5 Å². The smallest absolute Gasteiger partial charge is 0.275 e. The zero-order valence-corrected chi connectivity index (χ0v) is 16.9. The average Bonchev–Trinajstić information content (AvgIpc) is 3.32. The highest BCUT2D eigenvalue weighted by atomic mass is 79.9. The number of fused-ring (bicyclic) bond motifs is 1. The van der Waals surface area contributed by atoms with Crippen LogP contribution in [0.3, 0.4) is 0 Å². The highest BCUT2D eigenvalue weighted by Gasteiger charge is 2.18. The number of hydrogen-bond acceptors (Lipinski definition) is 6. The van der Waals surface area contributed by atoms with Crippen molar-refractivity contribution in [3.8, 4) is 27.8 Å². The summed E-state index contributed by atoms with van der Waals surface area (Å²) in [6.45, 7) is 2.13. The zero-order chi connectivity index (χ0) is 19.0. The zero-order valence-electron chi connectivity index (χ0n) is 14.5. The lowest BCUT2D eigenvalue weighted by molar-refractivity contribution is 0.102. The van der Waals surface area contributed by atoms with Crippen LogP contribution in [-0.2, 0) is 0 Å². The molecule has 138 valence electrons. The number of aromatic nitrogens is 1. The molecule has 0 unspecified atom stereocenters. The maximum atomic E-state index is 12.7. The van der Waals surface area contributed by atoms with E-state index in [1.54, 1.807) is 12.5 Å². The van der Waals surface area contributed by atoms with Crippen molar-refractivity contribution in [1.82, 2.24) is 4.98 Å². The van der Waals surface area contributed by atoms with E-state index in [4.69, 9.17) is 14.2 Å². The molecular weight excluding hydrogens is 432 g/mol. The molecule has 0 saturated heterocycles. The SMILES string of the molecule is COc1cc(Br)cc(C)c1NC(=O)c1csc(-c2ccc3c(c2)OCO3)n1. The molecule has 1 N–H and O–H groups in total. The Bertz CT molecular complexity index is 1030. The third-order valence-corrected chi connectivity index (χ3v) is 5.43. The van der Waals surface area contributed by atoms with Gasteiger partial charge in [-0.15, -0.1) is 11.3 Å². The molecule has 1 aliphatic heterocycles. The fraction of sp³-hybridized carbons (Fsp3) is 0.158. The van der Waals surface area contributed by atoms with Crippen LogP contribution in [-0.4, -0.2) is 24.8 Å². The van der Waals surface area contributed by atoms with Crippen LogP contribution in [0.1, 0.15) is 16.1 Å². The number of anilines is 1. The minimum absolute atomic E-state index is 0.221. The van der Waals surface area contributed by atoms with Crippen LogP contribution in [0.15, 0.2) is 40.2 Å². The Labute approximate surface area is 168 Å². The standard InChI is InChI=1S/C19H15BrN2O4S/c1-10-5-12(20)7-16(24-2)17(10)22-18(23)13-8-27-19(21-13)11-3-4-14-15(6-11)26-9-25-14/h3-8H,9H2,1-2H3,(H,22,23). The van der Waals surface area contributed by atoms with Crippen molar-refractivity contribution in [3.63, 3.8) is 0 Å². The third kappa shape index (κ3) is 3.50. The summed E-state index contributed by atoms with van der Waals surface area (Å²) in [5.41, 5.74) is 2.74. The van der Waals surface area contributed by atoms with Gasteiger partial charge in [0.25, 0.3) is 5.91 Å². The molecule has 27 heavy (non-hydrogen) atoms. The van der Waals surface area contributed by atoms with Gasteiger partial charge in [-0.1, -0.05) is 15.9 Å². The molecule has 0 spiro atoms. The van der Waals surface area contributed by atoms with E-state index in [0.29, 0.717) is 28.6 Å². The van der Waals surface area contributed by atoms with Gasteiger partial charge in [-0.05, 0) is 42.8 Å². The maximum Gasteiger partial charge on any atom is 0.275 e. The second kappa shape index (κ2) is 7.21. The number of rotatable bonds is 4. The number of benzene rings is 2. The largest absolute Gasteiger partial charge is 0.495 e. The molecule has 0 radical (unpaired) electrons. The van der Waals surface area contributed by atoms with Gasteiger partial charge >= 0.3 is 0 Å². The molecule has 8 heteroatoms. The van der Waals surface area contributed by atoms with Crippen molar-refractivity contribution < 1.29 is 19.0 Å². The summed E-state index contributed by atoms with van der Waals surface area (Å²) >= 11 is 4.82. The van der Waals surface area contributed by atoms with E-state index >= 15 is 0 Å². The summed E-state index contributed by atoms with van der Waals surface area (Å²) in [5, 5.41) is 5.36. The predicted molar refractivity (Wildman–Crippen MR) is 107 cm³/mol. The van der Waals surface area contributed by atoms with E-state index in [0.717, 1.165) is 20.6 Å². The molecule has 4 rings (SSSR count). The van der Waals surface area contributed by atoms with Gasteiger partial charge in [0.15, 0.2) is 11.5 Å². The first-order valence-electron chi connectivity index (χ1n) is 8.06. The summed E-state index contributed by atoms with van der Waals surface area (Å²) in [6, 6.07) is 9.33. The quantitative estimate of drug-likeness (QED) is 0.618. The summed E-state index contributed by atoms with van der Waals surface area (Å²) in [5.74, 6) is 1.69. The van der Waals surface area contributed by atoms with Crippen molar-refractivity contribution in [2.45, 2.75) is 6.92 Å². The van der Waals surface area contributed by atoms with Gasteiger partial charge in [-0.3, -0.25) is 4.79 Å². The maximum absolute atomic E-state index is 12.7. The summed E-state index contributed by atoms with van der Waals surface area (Å²) in [6.07, 6.45) is 0. The van der Waals surface area contributed by atoms with E-state index in [1.165, 1.54) is 11.3 Å². The van der Waals surface area contributed by atoms with Crippen LogP contribution in [0.5, 0.6) is 17.2 Å². The fourth-order valence-electron chi connectivity index (χ4n) is 2.75. The number of nitrogens with zero attached hydrogens (tertiary/aromatic N) is 1. The molecule has 0 atom stereocenters. The molecule has 1 amide bonds. The number of carbonyl (C=O) groups is 1. The Balaban J connectivity index is 1.58. The summed E-state index contributed by atoms with van der Waals surface area (Å²) in [4.78, 5) is 17.1. The predicted octanol–water partition coefficient (Wildman–Crippen LogP) is 4.87. The number of hydrogen-bond donors (Lipinski definition) is 1. The van der Waals surface area contributed by atoms with E-state index < -0.39 is 0 Å². The van der Waals surface area contributed by atoms with Gasteiger partial charge in [-0.2, -0.15) is 0 Å². The number of thiazole rings is 1. The molecule has 1 aromatic heterocycles. The first-order valence-corrected chi connectivity index (χ1v) is 9.73. The lowest BCUT2D eigenvalue weighted by Gasteiger charge is -2.13. The second-order valence-corrected chi connectivity index (χ2v) is 7.63. The Hall–Kier alpha value is -2.58. The Morgan fingerprint density at radius 3 is 2.89 bits per heavy atom. The monoisotopic (exact) mass is 446 g/mol. The average molecular weight is 447 g/mol. The van der Waals surface area contributed by atoms with Crippen molar-refractivity contribution in [3.05, 3.63) is 51.4 Å². The number of aryl methyl sites for hydroxylation is 1. The van der Waals surface area contributed by atoms with Crippen LogP contribution < -0.4 is 19.5 Å². The lowest BCUT2D eigenvalue weighted by atomic mass is 10.2. The Kier molecular flexibility index (Phi) is 4.75. The van der Waals surface area contributed by atoms with E-state index in [1.807, 2.05) is 37.3 Å². The minimum atomic E-state index is -0.290. The van der Waals surface area contributed by atoms with Crippen LogP contribution in [0, 0.1) is 6.92 Å². The number of methoxy groups -OCH3 is 1. The molecule has 0 bridgehead atoms. The molecular formula is C19H15BrN2O4S. The van der Waals surface area contributed by atoms with E-state index in [2.05, 4.69) is 26.2 Å². The molecule has 2 aromatic carbocycles. The van der Waals surface area contributed by atoms with Crippen LogP contribution in [0.25, 0.3) is 10.6 Å². The molecule has 0 saturated carbocycles. The normalized spacial score (nSPS) is 12.1. The third-order valence-electron chi connectivity index (χ3n) is 4.08. The molecule has 0 fully saturated rings. The molecule has 0 aliphatic carbocycles. The number of carbonyl (C=O) groups excluding carboxylic acids is 1. The molecule has 6 nitrogen and oxygen atoms in total. The van der Waals surface area contributed by atoms with E-state index in [9.17, 15) is 4.79 Å². The number of ether oxygens (including phenoxy) is 3. The van der Waals surface area contributed by atoms with Gasteiger partial charge in [-0.25, -0.2) is 4.98 Å². The van der Waals surface area contributed by atoms with Gasteiger partial charge in [0, 0.05) is 15.4 Å². The number of halogens is 1. The minimum Gasteiger partial charge on any atom is -0.495 e. The van der Waals surface area contributed by atoms with Gasteiger partial charge in [0.1, 0.15) is 16.5 Å². The van der Waals surface area contributed by atoms with Crippen molar-refractivity contribution in [2.75, 3.05) is 19.2 Å². The number of nitrogens with one attached hydrogen (secondary N) is 1. The van der Waals surface area contributed by atoms with Crippen molar-refractivity contribution in [1.29, 1.82) is 0 Å². The van der Waals surface area contributed by atoms with Crippen LogP contribution in [0.2, 0.25) is 0 Å². The first kappa shape index (κ1) is 17.8. The number of amides is 1. The summed E-state index contributed by atoms with van der Waals surface area (Å²) < 4.78 is 17.0. The highest BCUT2D eigenvalue weighted by Crippen LogP contribution is 2.37. The van der Waals surface area contributed by atoms with Crippen molar-refractivity contribution in [2.24, 2.45) is 0 Å². The second-order valence-electron chi connectivity index (χ2n) is 5.86. The Morgan fingerprint density at radius 2 is 2.07 bits per heavy atom. The molecule has 1 aliphatic rings. The first-order chi connectivity index (χ1) is 13.0. The van der Waals surface area contributed by atoms with Crippen LogP contribution in [0.4, 0.5) is 5.69 Å². The lowest BCUT2D eigenvalue weighted by Crippen LogP contribution is -2.14. The van der Waals surface area contributed by atoms with E-state index in [-0.39, 0.29) is 12.7 Å². The Morgan fingerprint density at radius 1 is 1.26 bits per heavy atom. The van der Waals surface area contributed by atoms with Gasteiger partial charge in [0.2, 0.25) is 6.79 Å². The highest BCUT2D eigenvalue weighted by molar-refractivity contribution is 9.10. The fourth-order valence-corrected chi connectivity index (χ4v) is 4.10.